The first-order valence-corrected chi connectivity index (χ1v) is 2.12. The van der Waals surface area contributed by atoms with Gasteiger partial charge in [0, 0.05) is 6.20 Å². The van der Waals surface area contributed by atoms with Gasteiger partial charge in [0.15, 0.2) is 0 Å². The number of hydrogen-bond acceptors (Lipinski definition) is 2. The van der Waals surface area contributed by atoms with E-state index in [4.69, 9.17) is 0 Å². The van der Waals surface area contributed by atoms with Gasteiger partial charge in [0.2, 0.25) is 0 Å². The summed E-state index contributed by atoms with van der Waals surface area (Å²) in [6.07, 6.45) is 1.86. The lowest BCUT2D eigenvalue weighted by Gasteiger charge is -1.75. The van der Waals surface area contributed by atoms with Crippen LogP contribution in [0.4, 0.5) is 0 Å². The highest BCUT2D eigenvalue weighted by Crippen LogP contribution is 1.81. The highest BCUT2D eigenvalue weighted by molar-refractivity contribution is 6.05. The Bertz CT molecular complexity index is 142. The molecule has 0 bridgehead atoms. The summed E-state index contributed by atoms with van der Waals surface area (Å²) in [5.74, 6) is 0. The maximum Gasteiger partial charge on any atom is 0.251 e. The molecule has 7 heavy (non-hydrogen) atoms. The summed E-state index contributed by atoms with van der Waals surface area (Å²) in [4.78, 5) is 0. The third-order valence-electron chi connectivity index (χ3n) is 0.717. The van der Waals surface area contributed by atoms with E-state index >= 15 is 0 Å². The average Bonchev–Trinajstić information content (AvgIpc) is 1.87. The zero-order valence-electron chi connectivity index (χ0n) is 4.42. The molecule has 0 aliphatic heterocycles. The van der Waals surface area contributed by atoms with E-state index < -0.39 is 0 Å². The van der Waals surface area contributed by atoms with E-state index in [0.717, 1.165) is 5.69 Å². The zero-order chi connectivity index (χ0) is 5.28. The third kappa shape index (κ3) is 0.794. The Hall–Kier alpha value is -0.795. The van der Waals surface area contributed by atoms with Gasteiger partial charge in [-0.15, -0.1) is 5.10 Å². The summed E-state index contributed by atoms with van der Waals surface area (Å²) in [6, 6.07) is 0. The summed E-state index contributed by atoms with van der Waals surface area (Å²) in [5.41, 5.74) is 0.961. The predicted molar refractivity (Wildman–Crippen MR) is 28.7 cm³/mol. The number of hydrogen-bond donors (Lipinski definition) is 0. The molecule has 1 heterocycles. The molecular formula is C3H6BN3. The second-order valence-electron chi connectivity index (χ2n) is 1.53. The van der Waals surface area contributed by atoms with E-state index in [2.05, 4.69) is 10.3 Å². The van der Waals surface area contributed by atoms with Crippen LogP contribution in [-0.4, -0.2) is 22.9 Å². The molecule has 4 heteroatoms. The first-order chi connectivity index (χ1) is 3.29. The summed E-state index contributed by atoms with van der Waals surface area (Å²) >= 11 is 0. The van der Waals surface area contributed by atoms with E-state index in [-0.39, 0.29) is 0 Å². The van der Waals surface area contributed by atoms with Crippen LogP contribution in [0.25, 0.3) is 0 Å². The van der Waals surface area contributed by atoms with Crippen molar-refractivity contribution in [3.8, 4) is 0 Å². The van der Waals surface area contributed by atoms with Gasteiger partial charge in [-0.2, -0.15) is 0 Å². The van der Waals surface area contributed by atoms with Crippen LogP contribution in [-0.2, 0) is 0 Å². The van der Waals surface area contributed by atoms with Crippen molar-refractivity contribution in [2.24, 2.45) is 0 Å². The topological polar surface area (TPSA) is 30.7 Å². The largest absolute Gasteiger partial charge is 0.307 e. The molecule has 0 saturated carbocycles. The first-order valence-electron chi connectivity index (χ1n) is 2.12. The van der Waals surface area contributed by atoms with Crippen molar-refractivity contribution in [2.75, 3.05) is 0 Å². The lowest BCUT2D eigenvalue weighted by Crippen LogP contribution is -1.89. The Kier molecular flexibility index (Phi) is 0.853. The lowest BCUT2D eigenvalue weighted by atomic mass is 10.4. The van der Waals surface area contributed by atoms with Gasteiger partial charge in [-0.05, 0) is 6.92 Å². The van der Waals surface area contributed by atoms with Gasteiger partial charge in [-0.1, -0.05) is 5.21 Å². The summed E-state index contributed by atoms with van der Waals surface area (Å²) in [5, 5.41) is 7.41. The van der Waals surface area contributed by atoms with Crippen LogP contribution in [0.3, 0.4) is 0 Å². The number of aryl methyl sites for hydroxylation is 1. The molecule has 0 aliphatic carbocycles. The molecule has 0 amide bonds. The fourth-order valence-electron chi connectivity index (χ4n) is 0.463. The van der Waals surface area contributed by atoms with Gasteiger partial charge in [-0.25, -0.2) is 0 Å². The third-order valence-corrected chi connectivity index (χ3v) is 0.717. The molecule has 0 N–H and O–H groups in total. The molecule has 0 aromatic carbocycles. The fourth-order valence-corrected chi connectivity index (χ4v) is 0.463. The van der Waals surface area contributed by atoms with Crippen LogP contribution in [0.1, 0.15) is 5.69 Å². The van der Waals surface area contributed by atoms with Crippen molar-refractivity contribution < 1.29 is 0 Å². The SMILES string of the molecule is Bn1cc(C)nn1. The summed E-state index contributed by atoms with van der Waals surface area (Å²) < 4.78 is 1.68. The van der Waals surface area contributed by atoms with Crippen LogP contribution in [0, 0.1) is 6.92 Å². The van der Waals surface area contributed by atoms with E-state index in [1.807, 2.05) is 21.1 Å². The van der Waals surface area contributed by atoms with E-state index in [9.17, 15) is 0 Å². The molecular weight excluding hydrogens is 88.9 g/mol. The van der Waals surface area contributed by atoms with Crippen LogP contribution in [0.5, 0.6) is 0 Å². The van der Waals surface area contributed by atoms with Crippen LogP contribution in [0.2, 0.25) is 0 Å². The molecule has 3 nitrogen and oxygen atoms in total. The molecule has 0 unspecified atom stereocenters. The normalized spacial score (nSPS) is 9.29. The van der Waals surface area contributed by atoms with Gasteiger partial charge >= 0.3 is 0 Å². The van der Waals surface area contributed by atoms with Gasteiger partial charge in [-0.3, -0.25) is 0 Å². The minimum absolute atomic E-state index is 0.961. The highest BCUT2D eigenvalue weighted by Gasteiger charge is 1.83. The van der Waals surface area contributed by atoms with E-state index in [1.54, 1.807) is 4.59 Å². The smallest absolute Gasteiger partial charge is 0.251 e. The Morgan fingerprint density at radius 3 is 2.71 bits per heavy atom. The summed E-state index contributed by atoms with van der Waals surface area (Å²) in [7, 11) is 1.85. The standard InChI is InChI=1S/C3H6BN3/c1-3-2-7(4)6-5-3/h2H,4H2,1H3. The van der Waals surface area contributed by atoms with Gasteiger partial charge in [0.1, 0.15) is 0 Å². The minimum atomic E-state index is 0.961. The number of rotatable bonds is 0. The number of aromatic nitrogens is 3. The maximum atomic E-state index is 3.73. The Labute approximate surface area is 42.8 Å². The molecule has 1 rings (SSSR count). The van der Waals surface area contributed by atoms with E-state index in [1.165, 1.54) is 0 Å². The van der Waals surface area contributed by atoms with E-state index in [0.29, 0.717) is 0 Å². The van der Waals surface area contributed by atoms with Crippen LogP contribution in [0.15, 0.2) is 6.20 Å². The average molecular weight is 94.9 g/mol. The minimum Gasteiger partial charge on any atom is -0.307 e. The van der Waals surface area contributed by atoms with Crippen molar-refractivity contribution >= 4 is 7.98 Å². The zero-order valence-corrected chi connectivity index (χ0v) is 4.42. The maximum absolute atomic E-state index is 3.73. The molecule has 36 valence electrons. The first kappa shape index (κ1) is 4.37. The fraction of sp³-hybridized carbons (Fsp3) is 0.333. The molecule has 0 aliphatic rings. The van der Waals surface area contributed by atoms with Crippen molar-refractivity contribution in [2.45, 2.75) is 6.92 Å². The molecule has 0 saturated heterocycles. The number of nitrogens with zero attached hydrogens (tertiary/aromatic N) is 3. The van der Waals surface area contributed by atoms with Crippen LogP contribution < -0.4 is 0 Å². The van der Waals surface area contributed by atoms with Crippen LogP contribution >= 0.6 is 0 Å². The monoisotopic (exact) mass is 95.1 g/mol. The summed E-state index contributed by atoms with van der Waals surface area (Å²) in [6.45, 7) is 1.91. The van der Waals surface area contributed by atoms with Crippen molar-refractivity contribution in [3.63, 3.8) is 0 Å². The van der Waals surface area contributed by atoms with Gasteiger partial charge in [0.05, 0.1) is 5.69 Å². The Morgan fingerprint density at radius 1 is 1.86 bits per heavy atom. The predicted octanol–water partition coefficient (Wildman–Crippen LogP) is -1.02. The van der Waals surface area contributed by atoms with Crippen molar-refractivity contribution in [1.29, 1.82) is 0 Å². The molecule has 0 atom stereocenters. The van der Waals surface area contributed by atoms with Crippen molar-refractivity contribution in [3.05, 3.63) is 11.9 Å². The second kappa shape index (κ2) is 1.37. The van der Waals surface area contributed by atoms with Crippen molar-refractivity contribution in [1.82, 2.24) is 14.9 Å². The molecule has 0 fully saturated rings. The molecule has 0 radical (unpaired) electrons. The Morgan fingerprint density at radius 2 is 2.57 bits per heavy atom. The lowest BCUT2D eigenvalue weighted by molar-refractivity contribution is 0.872. The molecule has 1 aromatic rings. The van der Waals surface area contributed by atoms with Gasteiger partial charge < -0.3 is 4.59 Å². The molecule has 1 aromatic heterocycles. The molecule has 0 spiro atoms. The quantitative estimate of drug-likeness (QED) is 0.386. The Balaban J connectivity index is 3.04. The highest BCUT2D eigenvalue weighted by atomic mass is 15.4. The van der Waals surface area contributed by atoms with Gasteiger partial charge in [0.25, 0.3) is 7.98 Å². The second-order valence-corrected chi connectivity index (χ2v) is 1.53.